The number of fused-ring (bicyclic) bond motifs is 2. The van der Waals surface area contributed by atoms with Gasteiger partial charge in [-0.25, -0.2) is 27.5 Å². The Hall–Kier alpha value is -6.52. The second-order valence-corrected chi connectivity index (χ2v) is 15.2. The van der Waals surface area contributed by atoms with Crippen LogP contribution >= 0.6 is 22.7 Å². The number of hydrogen-bond acceptors (Lipinski definition) is 8. The van der Waals surface area contributed by atoms with E-state index in [1.54, 1.807) is 47.4 Å². The molecule has 1 unspecified atom stereocenters. The summed E-state index contributed by atoms with van der Waals surface area (Å²) in [6.45, 7) is 0. The van der Waals surface area contributed by atoms with E-state index in [9.17, 15) is 36.7 Å². The molecule has 2 N–H and O–H groups in total. The van der Waals surface area contributed by atoms with Crippen molar-refractivity contribution in [3.8, 4) is 0 Å². The molecule has 10 nitrogen and oxygen atoms in total. The Balaban J connectivity index is 1.13. The van der Waals surface area contributed by atoms with Gasteiger partial charge in [-0.05, 0) is 90.0 Å². The van der Waals surface area contributed by atoms with Crippen LogP contribution in [0.1, 0.15) is 31.8 Å². The van der Waals surface area contributed by atoms with E-state index < -0.39 is 59.0 Å². The predicted octanol–water partition coefficient (Wildman–Crippen LogP) is 7.47. The first-order chi connectivity index (χ1) is 27.8. The van der Waals surface area contributed by atoms with Crippen molar-refractivity contribution in [3.05, 3.63) is 154 Å². The number of likely N-dealkylation sites (N-methyl/N-ethyl adjacent to an activating group) is 2. The molecular formula is C42H32F4N6O4S2. The molecule has 4 amide bonds. The number of halogens is 4. The quantitative estimate of drug-likeness (QED) is 0.123. The SMILES string of the molecule is CN(C(=O)C(Cc1cc(F)cc(F)c1)NC(=O)c1cccc(C(=O)N[C@@H](Cc2cc(F)cc(F)c2)C(=O)N(C)c2ccc3scnc3c2)c1)c1ccc2scnc2c1. The van der Waals surface area contributed by atoms with Gasteiger partial charge in [0.1, 0.15) is 35.4 Å². The van der Waals surface area contributed by atoms with Gasteiger partial charge in [-0.1, -0.05) is 6.07 Å². The number of anilines is 2. The van der Waals surface area contributed by atoms with E-state index in [-0.39, 0.29) is 35.1 Å². The fourth-order valence-electron chi connectivity index (χ4n) is 6.45. The maximum Gasteiger partial charge on any atom is 0.251 e. The van der Waals surface area contributed by atoms with Crippen LogP contribution in [0.15, 0.2) is 108 Å². The number of hydrogen-bond donors (Lipinski definition) is 2. The number of rotatable bonds is 12. The summed E-state index contributed by atoms with van der Waals surface area (Å²) in [5.41, 5.74) is 5.68. The van der Waals surface area contributed by atoms with Crippen molar-refractivity contribution in [2.24, 2.45) is 0 Å². The molecule has 0 fully saturated rings. The molecular weight excluding hydrogens is 793 g/mol. The van der Waals surface area contributed by atoms with Gasteiger partial charge in [-0.2, -0.15) is 0 Å². The molecule has 294 valence electrons. The summed E-state index contributed by atoms with van der Waals surface area (Å²) in [5.74, 6) is -6.22. The lowest BCUT2D eigenvalue weighted by atomic mass is 10.0. The Labute approximate surface area is 336 Å². The zero-order chi connectivity index (χ0) is 41.1. The molecule has 5 aromatic carbocycles. The first-order valence-electron chi connectivity index (χ1n) is 17.6. The zero-order valence-electron chi connectivity index (χ0n) is 30.7. The minimum Gasteiger partial charge on any atom is -0.340 e. The lowest BCUT2D eigenvalue weighted by Gasteiger charge is -2.25. The Morgan fingerprint density at radius 3 is 1.36 bits per heavy atom. The fourth-order valence-corrected chi connectivity index (χ4v) is 7.76. The highest BCUT2D eigenvalue weighted by Crippen LogP contribution is 2.26. The van der Waals surface area contributed by atoms with Gasteiger partial charge in [0.25, 0.3) is 11.8 Å². The van der Waals surface area contributed by atoms with Gasteiger partial charge in [-0.3, -0.25) is 19.2 Å². The maximum absolute atomic E-state index is 14.2. The molecule has 58 heavy (non-hydrogen) atoms. The highest BCUT2D eigenvalue weighted by Gasteiger charge is 2.29. The highest BCUT2D eigenvalue weighted by molar-refractivity contribution is 7.17. The van der Waals surface area contributed by atoms with Crippen molar-refractivity contribution in [3.63, 3.8) is 0 Å². The fraction of sp³-hybridized carbons (Fsp3) is 0.143. The van der Waals surface area contributed by atoms with E-state index in [1.807, 2.05) is 0 Å². The summed E-state index contributed by atoms with van der Waals surface area (Å²) in [7, 11) is 2.99. The summed E-state index contributed by atoms with van der Waals surface area (Å²) < 4.78 is 58.7. The van der Waals surface area contributed by atoms with Crippen molar-refractivity contribution >= 4 is 78.1 Å². The minimum atomic E-state index is -1.32. The number of carbonyl (C=O) groups excluding carboxylic acids is 4. The lowest BCUT2D eigenvalue weighted by molar-refractivity contribution is -0.120. The van der Waals surface area contributed by atoms with Gasteiger partial charge < -0.3 is 20.4 Å². The van der Waals surface area contributed by atoms with Crippen LogP contribution in [0.4, 0.5) is 28.9 Å². The average molecular weight is 825 g/mol. The predicted molar refractivity (Wildman–Crippen MR) is 215 cm³/mol. The van der Waals surface area contributed by atoms with Crippen molar-refractivity contribution < 1.29 is 36.7 Å². The van der Waals surface area contributed by atoms with Crippen LogP contribution in [0.25, 0.3) is 20.4 Å². The molecule has 2 aromatic heterocycles. The molecule has 2 atom stereocenters. The molecule has 16 heteroatoms. The molecule has 0 bridgehead atoms. The number of nitrogens with one attached hydrogen (secondary N) is 2. The summed E-state index contributed by atoms with van der Waals surface area (Å²) in [6, 6.07) is 18.9. The van der Waals surface area contributed by atoms with Crippen molar-refractivity contribution in [2.75, 3.05) is 23.9 Å². The van der Waals surface area contributed by atoms with E-state index in [1.165, 1.54) is 70.8 Å². The van der Waals surface area contributed by atoms with Crippen LogP contribution in [-0.4, -0.2) is 59.8 Å². The number of carbonyl (C=O) groups is 4. The number of thiazole rings is 2. The highest BCUT2D eigenvalue weighted by atomic mass is 32.1. The number of amides is 4. The van der Waals surface area contributed by atoms with Crippen LogP contribution < -0.4 is 20.4 Å². The van der Waals surface area contributed by atoms with Gasteiger partial charge in [0, 0.05) is 61.6 Å². The van der Waals surface area contributed by atoms with Crippen LogP contribution in [0.5, 0.6) is 0 Å². The minimum absolute atomic E-state index is 0.0498. The summed E-state index contributed by atoms with van der Waals surface area (Å²) in [4.78, 5) is 66.8. The molecule has 0 aliphatic rings. The standard InChI is InChI=1S/C42H32F4N6O4S2/c1-51(31-6-8-37-33(19-31)47-21-57-37)41(55)35(14-23-10-27(43)17-28(44)11-23)49-39(53)25-4-3-5-26(16-25)40(54)50-36(15-24-12-29(45)18-30(46)13-24)42(56)52(2)32-7-9-38-34(20-32)48-22-58-38/h3-13,16-22,35-36H,14-15H2,1-2H3,(H,49,53)(H,50,54)/t35-,36?/m0/s1. The maximum atomic E-state index is 14.2. The van der Waals surface area contributed by atoms with E-state index in [2.05, 4.69) is 20.6 Å². The third kappa shape index (κ3) is 9.03. The third-order valence-electron chi connectivity index (χ3n) is 9.38. The number of nitrogens with zero attached hydrogens (tertiary/aromatic N) is 4. The molecule has 0 aliphatic carbocycles. The molecule has 0 spiro atoms. The molecule has 7 rings (SSSR count). The normalized spacial score (nSPS) is 12.2. The summed E-state index contributed by atoms with van der Waals surface area (Å²) >= 11 is 2.85. The molecule has 0 saturated heterocycles. The van der Waals surface area contributed by atoms with E-state index >= 15 is 0 Å². The first kappa shape index (κ1) is 39.7. The van der Waals surface area contributed by atoms with Gasteiger partial charge in [0.05, 0.1) is 31.5 Å². The van der Waals surface area contributed by atoms with E-state index in [4.69, 9.17) is 0 Å². The Morgan fingerprint density at radius 2 is 0.966 bits per heavy atom. The third-order valence-corrected chi connectivity index (χ3v) is 11.0. The van der Waals surface area contributed by atoms with Gasteiger partial charge in [-0.15, -0.1) is 22.7 Å². The first-order valence-corrected chi connectivity index (χ1v) is 19.4. The summed E-state index contributed by atoms with van der Waals surface area (Å²) in [6.07, 6.45) is -0.563. The molecule has 2 heterocycles. The topological polar surface area (TPSA) is 125 Å². The number of aromatic nitrogens is 2. The number of benzene rings is 5. The molecule has 7 aromatic rings. The molecule has 0 radical (unpaired) electrons. The van der Waals surface area contributed by atoms with Crippen LogP contribution in [-0.2, 0) is 22.4 Å². The van der Waals surface area contributed by atoms with Gasteiger partial charge >= 0.3 is 0 Å². The Kier molecular flexibility index (Phi) is 11.6. The largest absolute Gasteiger partial charge is 0.340 e. The van der Waals surface area contributed by atoms with Crippen molar-refractivity contribution in [1.29, 1.82) is 0 Å². The van der Waals surface area contributed by atoms with Gasteiger partial charge in [0.15, 0.2) is 0 Å². The second-order valence-electron chi connectivity index (χ2n) is 13.4. The van der Waals surface area contributed by atoms with Crippen LogP contribution in [0, 0.1) is 23.3 Å². The smallest absolute Gasteiger partial charge is 0.251 e. The average Bonchev–Trinajstić information content (AvgIpc) is 3.88. The van der Waals surface area contributed by atoms with Crippen molar-refractivity contribution in [1.82, 2.24) is 20.6 Å². The van der Waals surface area contributed by atoms with Crippen molar-refractivity contribution in [2.45, 2.75) is 24.9 Å². The lowest BCUT2D eigenvalue weighted by Crippen LogP contribution is -2.49. The second kappa shape index (κ2) is 16.9. The Bertz CT molecular complexity index is 2490. The molecule has 0 saturated carbocycles. The zero-order valence-corrected chi connectivity index (χ0v) is 32.3. The van der Waals surface area contributed by atoms with E-state index in [0.717, 1.165) is 33.7 Å². The van der Waals surface area contributed by atoms with Gasteiger partial charge in [0.2, 0.25) is 11.8 Å². The summed E-state index contributed by atoms with van der Waals surface area (Å²) in [5, 5.41) is 5.32. The van der Waals surface area contributed by atoms with Crippen LogP contribution in [0.2, 0.25) is 0 Å². The molecule has 0 aliphatic heterocycles. The van der Waals surface area contributed by atoms with E-state index in [0.29, 0.717) is 34.5 Å². The monoisotopic (exact) mass is 824 g/mol. The Morgan fingerprint density at radius 1 is 0.569 bits per heavy atom. The van der Waals surface area contributed by atoms with Crippen LogP contribution in [0.3, 0.4) is 0 Å².